The Morgan fingerprint density at radius 3 is 2.93 bits per heavy atom. The molecular formula is C11H12N2S. The Morgan fingerprint density at radius 2 is 2.29 bits per heavy atom. The molecule has 0 amide bonds. The predicted molar refractivity (Wildman–Crippen MR) is 59.3 cm³/mol. The lowest BCUT2D eigenvalue weighted by Gasteiger charge is -2.08. The molecule has 3 heteroatoms. The number of nitrogens with zero attached hydrogens (tertiary/aromatic N) is 1. The molecule has 0 saturated heterocycles. The first-order valence-corrected chi connectivity index (χ1v) is 5.37. The third kappa shape index (κ3) is 1.84. The Balaban J connectivity index is 2.32. The molecule has 1 unspecified atom stereocenters. The van der Waals surface area contributed by atoms with Gasteiger partial charge in [-0.05, 0) is 36.1 Å². The molecular weight excluding hydrogens is 192 g/mol. The highest BCUT2D eigenvalue weighted by Crippen LogP contribution is 2.22. The molecule has 0 aliphatic heterocycles. The third-order valence-electron chi connectivity index (χ3n) is 2.10. The quantitative estimate of drug-likeness (QED) is 0.816. The topological polar surface area (TPSA) is 38.9 Å². The van der Waals surface area contributed by atoms with E-state index in [0.29, 0.717) is 0 Å². The summed E-state index contributed by atoms with van der Waals surface area (Å²) in [5, 5.41) is 2.03. The van der Waals surface area contributed by atoms with Crippen LogP contribution in [0.25, 0.3) is 0 Å². The zero-order valence-corrected chi connectivity index (χ0v) is 8.79. The Hall–Kier alpha value is -1.19. The van der Waals surface area contributed by atoms with Crippen LogP contribution in [0, 0.1) is 6.92 Å². The second kappa shape index (κ2) is 3.90. The van der Waals surface area contributed by atoms with E-state index in [4.69, 9.17) is 5.73 Å². The zero-order chi connectivity index (χ0) is 9.97. The van der Waals surface area contributed by atoms with E-state index in [1.807, 2.05) is 36.6 Å². The number of thiophene rings is 1. The number of hydrogen-bond acceptors (Lipinski definition) is 3. The normalized spacial score (nSPS) is 12.7. The maximum Gasteiger partial charge on any atom is 0.0820 e. The van der Waals surface area contributed by atoms with Crippen molar-refractivity contribution in [1.82, 2.24) is 4.98 Å². The van der Waals surface area contributed by atoms with Crippen LogP contribution in [-0.2, 0) is 0 Å². The number of rotatable bonds is 2. The van der Waals surface area contributed by atoms with Crippen molar-refractivity contribution >= 4 is 11.3 Å². The molecule has 2 aromatic heterocycles. The lowest BCUT2D eigenvalue weighted by atomic mass is 10.1. The van der Waals surface area contributed by atoms with Crippen LogP contribution < -0.4 is 5.73 Å². The van der Waals surface area contributed by atoms with E-state index < -0.39 is 0 Å². The van der Waals surface area contributed by atoms with Crippen molar-refractivity contribution in [3.8, 4) is 0 Å². The molecule has 2 aromatic rings. The number of aromatic nitrogens is 1. The van der Waals surface area contributed by atoms with E-state index >= 15 is 0 Å². The highest BCUT2D eigenvalue weighted by molar-refractivity contribution is 7.10. The van der Waals surface area contributed by atoms with Gasteiger partial charge in [-0.1, -0.05) is 6.07 Å². The number of hydrogen-bond donors (Lipinski definition) is 1. The molecule has 0 aliphatic rings. The summed E-state index contributed by atoms with van der Waals surface area (Å²) in [7, 11) is 0. The van der Waals surface area contributed by atoms with Gasteiger partial charge in [0.05, 0.1) is 11.7 Å². The summed E-state index contributed by atoms with van der Waals surface area (Å²) in [6, 6.07) is 7.97. The Kier molecular flexibility index (Phi) is 2.61. The maximum atomic E-state index is 6.08. The Bertz CT molecular complexity index is 409. The fourth-order valence-corrected chi connectivity index (χ4v) is 2.08. The smallest absolute Gasteiger partial charge is 0.0820 e. The number of nitrogens with two attached hydrogens (primary N) is 1. The molecule has 1 atom stereocenters. The molecule has 0 spiro atoms. The van der Waals surface area contributed by atoms with Gasteiger partial charge in [0.2, 0.25) is 0 Å². The molecule has 2 rings (SSSR count). The summed E-state index contributed by atoms with van der Waals surface area (Å²) >= 11 is 1.67. The summed E-state index contributed by atoms with van der Waals surface area (Å²) in [4.78, 5) is 5.43. The molecule has 2 nitrogen and oxygen atoms in total. The fourth-order valence-electron chi connectivity index (χ4n) is 1.34. The molecule has 0 bridgehead atoms. The standard InChI is InChI=1S/C11H12N2S/c1-8-4-5-13-9(7-8)11(12)10-3-2-6-14-10/h2-7,11H,12H2,1H3. The first-order valence-electron chi connectivity index (χ1n) is 4.49. The SMILES string of the molecule is Cc1ccnc(C(N)c2cccs2)c1. The van der Waals surface area contributed by atoms with Crippen LogP contribution in [0.3, 0.4) is 0 Å². The van der Waals surface area contributed by atoms with Crippen molar-refractivity contribution in [2.45, 2.75) is 13.0 Å². The molecule has 72 valence electrons. The largest absolute Gasteiger partial charge is 0.318 e. The predicted octanol–water partition coefficient (Wildman–Crippen LogP) is 2.50. The van der Waals surface area contributed by atoms with Crippen molar-refractivity contribution in [2.24, 2.45) is 5.73 Å². The first kappa shape index (κ1) is 9.37. The minimum Gasteiger partial charge on any atom is -0.318 e. The van der Waals surface area contributed by atoms with Crippen molar-refractivity contribution in [3.05, 3.63) is 52.0 Å². The minimum absolute atomic E-state index is 0.0881. The lowest BCUT2D eigenvalue weighted by Crippen LogP contribution is -2.11. The van der Waals surface area contributed by atoms with E-state index in [1.54, 1.807) is 17.5 Å². The molecule has 0 fully saturated rings. The van der Waals surface area contributed by atoms with Crippen LogP contribution in [0.15, 0.2) is 35.8 Å². The highest BCUT2D eigenvalue weighted by atomic mass is 32.1. The second-order valence-electron chi connectivity index (χ2n) is 3.25. The van der Waals surface area contributed by atoms with E-state index in [2.05, 4.69) is 4.98 Å². The summed E-state index contributed by atoms with van der Waals surface area (Å²) in [6.07, 6.45) is 1.80. The van der Waals surface area contributed by atoms with Crippen LogP contribution >= 0.6 is 11.3 Å². The Morgan fingerprint density at radius 1 is 1.43 bits per heavy atom. The van der Waals surface area contributed by atoms with Gasteiger partial charge in [-0.15, -0.1) is 11.3 Å². The summed E-state index contributed by atoms with van der Waals surface area (Å²) in [5.74, 6) is 0. The highest BCUT2D eigenvalue weighted by Gasteiger charge is 2.10. The Labute approximate surface area is 87.4 Å². The van der Waals surface area contributed by atoms with Crippen molar-refractivity contribution in [2.75, 3.05) is 0 Å². The van der Waals surface area contributed by atoms with Gasteiger partial charge in [0.1, 0.15) is 0 Å². The first-order chi connectivity index (χ1) is 6.77. The van der Waals surface area contributed by atoms with E-state index in [0.717, 1.165) is 10.6 Å². The molecule has 0 aromatic carbocycles. The van der Waals surface area contributed by atoms with Gasteiger partial charge in [0.15, 0.2) is 0 Å². The fraction of sp³-hybridized carbons (Fsp3) is 0.182. The van der Waals surface area contributed by atoms with Crippen molar-refractivity contribution in [1.29, 1.82) is 0 Å². The average molecular weight is 204 g/mol. The van der Waals surface area contributed by atoms with Gasteiger partial charge in [0, 0.05) is 11.1 Å². The van der Waals surface area contributed by atoms with E-state index in [-0.39, 0.29) is 6.04 Å². The van der Waals surface area contributed by atoms with Gasteiger partial charge in [0.25, 0.3) is 0 Å². The molecule has 14 heavy (non-hydrogen) atoms. The third-order valence-corrected chi connectivity index (χ3v) is 3.06. The summed E-state index contributed by atoms with van der Waals surface area (Å²) in [6.45, 7) is 2.05. The second-order valence-corrected chi connectivity index (χ2v) is 4.23. The molecule has 0 saturated carbocycles. The van der Waals surface area contributed by atoms with E-state index in [9.17, 15) is 0 Å². The van der Waals surface area contributed by atoms with Gasteiger partial charge < -0.3 is 5.73 Å². The van der Waals surface area contributed by atoms with Gasteiger partial charge in [-0.3, -0.25) is 4.98 Å². The lowest BCUT2D eigenvalue weighted by molar-refractivity contribution is 0.844. The van der Waals surface area contributed by atoms with Gasteiger partial charge in [-0.25, -0.2) is 0 Å². The van der Waals surface area contributed by atoms with Crippen molar-refractivity contribution in [3.63, 3.8) is 0 Å². The number of pyridine rings is 1. The summed E-state index contributed by atoms with van der Waals surface area (Å²) in [5.41, 5.74) is 8.21. The maximum absolute atomic E-state index is 6.08. The summed E-state index contributed by atoms with van der Waals surface area (Å²) < 4.78 is 0. The zero-order valence-electron chi connectivity index (χ0n) is 7.97. The van der Waals surface area contributed by atoms with Gasteiger partial charge in [-0.2, -0.15) is 0 Å². The van der Waals surface area contributed by atoms with E-state index in [1.165, 1.54) is 5.56 Å². The molecule has 2 N–H and O–H groups in total. The van der Waals surface area contributed by atoms with Crippen LogP contribution in [0.4, 0.5) is 0 Å². The van der Waals surface area contributed by atoms with Crippen LogP contribution in [0.2, 0.25) is 0 Å². The minimum atomic E-state index is -0.0881. The van der Waals surface area contributed by atoms with Crippen molar-refractivity contribution < 1.29 is 0 Å². The molecule has 0 aliphatic carbocycles. The van der Waals surface area contributed by atoms with Crippen LogP contribution in [-0.4, -0.2) is 4.98 Å². The van der Waals surface area contributed by atoms with Crippen LogP contribution in [0.1, 0.15) is 22.2 Å². The monoisotopic (exact) mass is 204 g/mol. The number of aryl methyl sites for hydroxylation is 1. The average Bonchev–Trinajstić information content (AvgIpc) is 2.69. The molecule has 2 heterocycles. The van der Waals surface area contributed by atoms with Gasteiger partial charge >= 0.3 is 0 Å². The van der Waals surface area contributed by atoms with Crippen LogP contribution in [0.5, 0.6) is 0 Å². The molecule has 0 radical (unpaired) electrons.